The highest BCUT2D eigenvalue weighted by Gasteiger charge is 2.20. The van der Waals surface area contributed by atoms with Gasteiger partial charge in [-0.25, -0.2) is 0 Å². The van der Waals surface area contributed by atoms with Crippen LogP contribution in [-0.2, 0) is 4.74 Å². The summed E-state index contributed by atoms with van der Waals surface area (Å²) >= 11 is 0. The van der Waals surface area contributed by atoms with Gasteiger partial charge in [-0.15, -0.1) is 0 Å². The number of methoxy groups -OCH3 is 1. The first kappa shape index (κ1) is 16.9. The molecule has 0 aliphatic carbocycles. The molecule has 1 aromatic heterocycles. The summed E-state index contributed by atoms with van der Waals surface area (Å²) in [4.78, 5) is 19.3. The number of amides is 1. The predicted octanol–water partition coefficient (Wildman–Crippen LogP) is 2.32. The smallest absolute Gasteiger partial charge is 0.253 e. The van der Waals surface area contributed by atoms with E-state index in [1.165, 1.54) is 0 Å². The molecule has 1 aromatic carbocycles. The number of likely N-dealkylation sites (tertiary alicyclic amines) is 1. The van der Waals surface area contributed by atoms with Gasteiger partial charge in [-0.3, -0.25) is 9.78 Å². The number of ether oxygens (including phenoxy) is 1. The second-order valence-corrected chi connectivity index (χ2v) is 6.37. The monoisotopic (exact) mass is 327 g/mol. The lowest BCUT2D eigenvalue weighted by atomic mass is 9.96. The van der Waals surface area contributed by atoms with Crippen LogP contribution < -0.4 is 5.32 Å². The van der Waals surface area contributed by atoms with Gasteiger partial charge in [-0.05, 0) is 44.0 Å². The summed E-state index contributed by atoms with van der Waals surface area (Å²) in [7, 11) is 1.74. The maximum Gasteiger partial charge on any atom is 0.253 e. The normalized spacial score (nSPS) is 16.4. The average Bonchev–Trinajstić information content (AvgIpc) is 2.64. The number of para-hydroxylation sites is 1. The number of hydrogen-bond acceptors (Lipinski definition) is 4. The molecular weight excluding hydrogens is 302 g/mol. The van der Waals surface area contributed by atoms with Gasteiger partial charge in [-0.1, -0.05) is 18.2 Å². The van der Waals surface area contributed by atoms with Crippen LogP contribution in [0.1, 0.15) is 23.2 Å². The van der Waals surface area contributed by atoms with Crippen molar-refractivity contribution in [3.8, 4) is 0 Å². The molecule has 2 heterocycles. The Kier molecular flexibility index (Phi) is 5.77. The molecule has 1 N–H and O–H groups in total. The lowest BCUT2D eigenvalue weighted by molar-refractivity contribution is 0.0927. The average molecular weight is 327 g/mol. The topological polar surface area (TPSA) is 54.5 Å². The number of hydrogen-bond donors (Lipinski definition) is 1. The van der Waals surface area contributed by atoms with Crippen molar-refractivity contribution in [1.29, 1.82) is 0 Å². The molecule has 0 unspecified atom stereocenters. The van der Waals surface area contributed by atoms with E-state index in [-0.39, 0.29) is 5.91 Å². The molecule has 0 atom stereocenters. The molecule has 128 valence electrons. The van der Waals surface area contributed by atoms with E-state index in [9.17, 15) is 4.79 Å². The number of nitrogens with one attached hydrogen (secondary N) is 1. The van der Waals surface area contributed by atoms with Crippen LogP contribution >= 0.6 is 0 Å². The highest BCUT2D eigenvalue weighted by molar-refractivity contribution is 6.05. The second kappa shape index (κ2) is 8.22. The molecule has 5 heteroatoms. The van der Waals surface area contributed by atoms with Crippen LogP contribution in [0.3, 0.4) is 0 Å². The molecule has 5 nitrogen and oxygen atoms in total. The van der Waals surface area contributed by atoms with E-state index < -0.39 is 0 Å². The third-order valence-corrected chi connectivity index (χ3v) is 4.75. The summed E-state index contributed by atoms with van der Waals surface area (Å²) in [6.45, 7) is 4.69. The number of nitrogens with zero attached hydrogens (tertiary/aromatic N) is 2. The summed E-state index contributed by atoms with van der Waals surface area (Å²) in [5.74, 6) is 0.525. The van der Waals surface area contributed by atoms with Gasteiger partial charge in [-0.2, -0.15) is 0 Å². The van der Waals surface area contributed by atoms with E-state index in [0.717, 1.165) is 56.5 Å². The van der Waals surface area contributed by atoms with Crippen molar-refractivity contribution in [2.75, 3.05) is 39.9 Å². The number of fused-ring (bicyclic) bond motifs is 1. The second-order valence-electron chi connectivity index (χ2n) is 6.37. The molecule has 3 rings (SSSR count). The Morgan fingerprint density at radius 3 is 2.88 bits per heavy atom. The Morgan fingerprint density at radius 1 is 1.29 bits per heavy atom. The third kappa shape index (κ3) is 4.10. The lowest BCUT2D eigenvalue weighted by Gasteiger charge is -2.31. The van der Waals surface area contributed by atoms with Crippen molar-refractivity contribution in [2.24, 2.45) is 5.92 Å². The molecule has 1 amide bonds. The van der Waals surface area contributed by atoms with Gasteiger partial charge >= 0.3 is 0 Å². The Bertz CT molecular complexity index is 676. The Labute approximate surface area is 143 Å². The molecule has 1 aliphatic rings. The van der Waals surface area contributed by atoms with Gasteiger partial charge in [0, 0.05) is 31.8 Å². The van der Waals surface area contributed by atoms with Crippen molar-refractivity contribution in [2.45, 2.75) is 12.8 Å². The summed E-state index contributed by atoms with van der Waals surface area (Å²) in [6.07, 6.45) is 3.98. The zero-order valence-corrected chi connectivity index (χ0v) is 14.2. The Hall–Kier alpha value is -1.98. The van der Waals surface area contributed by atoms with Gasteiger partial charge in [0.25, 0.3) is 5.91 Å². The van der Waals surface area contributed by atoms with Crippen molar-refractivity contribution < 1.29 is 9.53 Å². The summed E-state index contributed by atoms with van der Waals surface area (Å²) in [6, 6.07) is 9.61. The zero-order valence-electron chi connectivity index (χ0n) is 14.2. The molecule has 1 saturated heterocycles. The number of aromatic nitrogens is 1. The fraction of sp³-hybridized carbons (Fsp3) is 0.474. The van der Waals surface area contributed by atoms with Crippen LogP contribution in [0.5, 0.6) is 0 Å². The highest BCUT2D eigenvalue weighted by Crippen LogP contribution is 2.18. The Morgan fingerprint density at radius 2 is 2.08 bits per heavy atom. The number of benzene rings is 1. The summed E-state index contributed by atoms with van der Waals surface area (Å²) in [5.41, 5.74) is 1.43. The van der Waals surface area contributed by atoms with Gasteiger partial charge in [0.2, 0.25) is 0 Å². The van der Waals surface area contributed by atoms with Gasteiger partial charge in [0.1, 0.15) is 0 Å². The standard InChI is InChI=1S/C19H25N3O2/c1-24-13-12-22-10-7-15(8-11-22)14-21-19(23)17-6-2-4-16-5-3-9-20-18(16)17/h2-6,9,15H,7-8,10-14H2,1H3,(H,21,23). The molecule has 0 radical (unpaired) electrons. The lowest BCUT2D eigenvalue weighted by Crippen LogP contribution is -2.39. The molecular formula is C19H25N3O2. The minimum absolute atomic E-state index is 0.0267. The van der Waals surface area contributed by atoms with E-state index in [1.807, 2.05) is 30.3 Å². The van der Waals surface area contributed by atoms with Crippen LogP contribution in [0, 0.1) is 5.92 Å². The summed E-state index contributed by atoms with van der Waals surface area (Å²) < 4.78 is 5.13. The number of carbonyl (C=O) groups is 1. The first-order valence-electron chi connectivity index (χ1n) is 8.61. The molecule has 0 saturated carbocycles. The number of carbonyl (C=O) groups excluding carboxylic acids is 1. The van der Waals surface area contributed by atoms with Crippen LogP contribution in [0.25, 0.3) is 10.9 Å². The van der Waals surface area contributed by atoms with Crippen molar-refractivity contribution in [3.05, 3.63) is 42.1 Å². The first-order chi connectivity index (χ1) is 11.8. The molecule has 1 fully saturated rings. The molecule has 1 aliphatic heterocycles. The van der Waals surface area contributed by atoms with Gasteiger partial charge in [0.15, 0.2) is 0 Å². The van der Waals surface area contributed by atoms with Crippen LogP contribution in [-0.4, -0.2) is 55.7 Å². The van der Waals surface area contributed by atoms with E-state index in [1.54, 1.807) is 13.3 Å². The molecule has 0 bridgehead atoms. The summed E-state index contributed by atoms with van der Waals surface area (Å²) in [5, 5.41) is 4.09. The third-order valence-electron chi connectivity index (χ3n) is 4.75. The highest BCUT2D eigenvalue weighted by atomic mass is 16.5. The van der Waals surface area contributed by atoms with Crippen LogP contribution in [0.15, 0.2) is 36.5 Å². The van der Waals surface area contributed by atoms with E-state index >= 15 is 0 Å². The SMILES string of the molecule is COCCN1CCC(CNC(=O)c2cccc3cccnc23)CC1. The van der Waals surface area contributed by atoms with E-state index in [0.29, 0.717) is 11.5 Å². The van der Waals surface area contributed by atoms with Crippen molar-refractivity contribution >= 4 is 16.8 Å². The van der Waals surface area contributed by atoms with Crippen LogP contribution in [0.2, 0.25) is 0 Å². The number of rotatable bonds is 6. The zero-order chi connectivity index (χ0) is 16.8. The molecule has 24 heavy (non-hydrogen) atoms. The van der Waals surface area contributed by atoms with Crippen LogP contribution in [0.4, 0.5) is 0 Å². The minimum Gasteiger partial charge on any atom is -0.383 e. The predicted molar refractivity (Wildman–Crippen MR) is 95.1 cm³/mol. The number of piperidine rings is 1. The fourth-order valence-electron chi connectivity index (χ4n) is 3.25. The fourth-order valence-corrected chi connectivity index (χ4v) is 3.25. The van der Waals surface area contributed by atoms with Crippen molar-refractivity contribution in [3.63, 3.8) is 0 Å². The maximum absolute atomic E-state index is 12.5. The molecule has 0 spiro atoms. The Balaban J connectivity index is 1.53. The van der Waals surface area contributed by atoms with E-state index in [2.05, 4.69) is 15.2 Å². The van der Waals surface area contributed by atoms with Gasteiger partial charge in [0.05, 0.1) is 17.7 Å². The van der Waals surface area contributed by atoms with E-state index in [4.69, 9.17) is 4.74 Å². The largest absolute Gasteiger partial charge is 0.383 e. The molecule has 2 aromatic rings. The van der Waals surface area contributed by atoms with Crippen molar-refractivity contribution in [1.82, 2.24) is 15.2 Å². The first-order valence-corrected chi connectivity index (χ1v) is 8.61. The minimum atomic E-state index is -0.0267. The number of pyridine rings is 1. The van der Waals surface area contributed by atoms with Gasteiger partial charge < -0.3 is 15.0 Å². The maximum atomic E-state index is 12.5. The quantitative estimate of drug-likeness (QED) is 0.885.